The molecule has 0 heterocycles. The lowest BCUT2D eigenvalue weighted by molar-refractivity contribution is -0.306. The van der Waals surface area contributed by atoms with Crippen molar-refractivity contribution in [1.29, 1.82) is 0 Å². The van der Waals surface area contributed by atoms with Crippen LogP contribution in [0, 0.1) is 0 Å². The lowest BCUT2D eigenvalue weighted by atomic mass is 10.3. The fourth-order valence-corrected chi connectivity index (χ4v) is 0.981. The van der Waals surface area contributed by atoms with Crippen LogP contribution in [0.4, 0.5) is 5.69 Å². The first-order chi connectivity index (χ1) is 6.09. The van der Waals surface area contributed by atoms with E-state index in [-0.39, 0.29) is 0 Å². The van der Waals surface area contributed by atoms with Crippen LogP contribution in [-0.4, -0.2) is 12.0 Å². The number of aliphatic carboxylic acids is 1. The quantitative estimate of drug-likeness (QED) is 0.785. The zero-order valence-corrected chi connectivity index (χ0v) is 7.84. The number of rotatable bonds is 3. The summed E-state index contributed by atoms with van der Waals surface area (Å²) < 4.78 is 0. The Hall–Kier alpha value is -1.22. The molecule has 0 aromatic heterocycles. The van der Waals surface area contributed by atoms with Crippen LogP contribution >= 0.6 is 11.6 Å². The normalized spacial score (nSPS) is 12.2. The van der Waals surface area contributed by atoms with E-state index in [0.29, 0.717) is 10.7 Å². The second-order valence-electron chi connectivity index (χ2n) is 2.69. The number of carboxylic acids is 1. The topological polar surface area (TPSA) is 52.2 Å². The smallest absolute Gasteiger partial charge is 0.0634 e. The average Bonchev–Trinajstić information content (AvgIpc) is 2.08. The summed E-state index contributed by atoms with van der Waals surface area (Å²) in [5, 5.41) is 13.7. The molecule has 0 radical (unpaired) electrons. The van der Waals surface area contributed by atoms with E-state index in [4.69, 9.17) is 11.6 Å². The SMILES string of the molecule is C[C@H](Nc1ccc(Cl)cc1)C(=O)[O-]. The maximum absolute atomic E-state index is 10.4. The van der Waals surface area contributed by atoms with Crippen molar-refractivity contribution in [2.24, 2.45) is 0 Å². The third kappa shape index (κ3) is 2.95. The molecule has 1 aromatic rings. The molecule has 0 unspecified atom stereocenters. The summed E-state index contributed by atoms with van der Waals surface area (Å²) in [5.41, 5.74) is 0.709. The third-order valence-corrected chi connectivity index (χ3v) is 1.83. The minimum atomic E-state index is -1.13. The van der Waals surface area contributed by atoms with Gasteiger partial charge in [-0.3, -0.25) is 0 Å². The lowest BCUT2D eigenvalue weighted by Crippen LogP contribution is -2.38. The Balaban J connectivity index is 2.64. The van der Waals surface area contributed by atoms with Crippen molar-refractivity contribution < 1.29 is 9.90 Å². The van der Waals surface area contributed by atoms with Crippen LogP contribution < -0.4 is 10.4 Å². The first-order valence-electron chi connectivity index (χ1n) is 3.82. The molecular weight excluding hydrogens is 190 g/mol. The van der Waals surface area contributed by atoms with E-state index in [1.54, 1.807) is 24.3 Å². The van der Waals surface area contributed by atoms with Gasteiger partial charge in [0.15, 0.2) is 0 Å². The van der Waals surface area contributed by atoms with Crippen LogP contribution in [-0.2, 0) is 4.79 Å². The maximum Gasteiger partial charge on any atom is 0.0634 e. The number of hydrogen-bond acceptors (Lipinski definition) is 3. The molecule has 0 amide bonds. The predicted octanol–water partition coefficient (Wildman–Crippen LogP) is 0.890. The van der Waals surface area contributed by atoms with Gasteiger partial charge in [0.05, 0.1) is 12.0 Å². The minimum absolute atomic E-state index is 0.617. The molecule has 3 nitrogen and oxygen atoms in total. The first-order valence-corrected chi connectivity index (χ1v) is 4.20. The Labute approximate surface area is 81.3 Å². The largest absolute Gasteiger partial charge is 0.548 e. The minimum Gasteiger partial charge on any atom is -0.548 e. The molecule has 4 heteroatoms. The third-order valence-electron chi connectivity index (χ3n) is 1.58. The number of nitrogens with one attached hydrogen (secondary N) is 1. The molecule has 1 aromatic carbocycles. The Kier molecular flexibility index (Phi) is 3.14. The van der Waals surface area contributed by atoms with Crippen molar-refractivity contribution in [2.75, 3.05) is 5.32 Å². The van der Waals surface area contributed by atoms with E-state index in [2.05, 4.69) is 5.32 Å². The standard InChI is InChI=1S/C9H10ClNO2/c1-6(9(12)13)11-8-4-2-7(10)3-5-8/h2-6,11H,1H3,(H,12,13)/p-1/t6-/m0/s1. The number of hydrogen-bond donors (Lipinski definition) is 1. The molecule has 0 saturated heterocycles. The van der Waals surface area contributed by atoms with E-state index in [1.807, 2.05) is 0 Å². The number of carbonyl (C=O) groups is 1. The monoisotopic (exact) mass is 198 g/mol. The first kappa shape index (κ1) is 9.86. The van der Waals surface area contributed by atoms with E-state index in [0.717, 1.165) is 0 Å². The average molecular weight is 199 g/mol. The summed E-state index contributed by atoms with van der Waals surface area (Å²) in [7, 11) is 0. The van der Waals surface area contributed by atoms with Gasteiger partial charge in [-0.05, 0) is 31.2 Å². The van der Waals surface area contributed by atoms with Crippen LogP contribution in [0.1, 0.15) is 6.92 Å². The highest BCUT2D eigenvalue weighted by Gasteiger charge is 2.01. The van der Waals surface area contributed by atoms with Crippen LogP contribution in [0.5, 0.6) is 0 Å². The summed E-state index contributed by atoms with van der Waals surface area (Å²) in [6, 6.07) is 6.09. The molecule has 0 bridgehead atoms. The van der Waals surface area contributed by atoms with Crippen molar-refractivity contribution in [3.8, 4) is 0 Å². The van der Waals surface area contributed by atoms with E-state index < -0.39 is 12.0 Å². The van der Waals surface area contributed by atoms with Gasteiger partial charge in [-0.25, -0.2) is 0 Å². The Bertz CT molecular complexity index is 297. The Morgan fingerprint density at radius 3 is 2.46 bits per heavy atom. The number of benzene rings is 1. The highest BCUT2D eigenvalue weighted by atomic mass is 35.5. The van der Waals surface area contributed by atoms with Gasteiger partial charge >= 0.3 is 0 Å². The summed E-state index contributed by atoms with van der Waals surface area (Å²) in [6.45, 7) is 1.52. The molecule has 0 aliphatic heterocycles. The highest BCUT2D eigenvalue weighted by Crippen LogP contribution is 2.13. The van der Waals surface area contributed by atoms with Crippen molar-refractivity contribution in [1.82, 2.24) is 0 Å². The summed E-state index contributed by atoms with van der Waals surface area (Å²) >= 11 is 5.65. The maximum atomic E-state index is 10.4. The number of carboxylic acid groups (broad SMARTS) is 1. The summed E-state index contributed by atoms with van der Waals surface area (Å²) in [5.74, 6) is -1.13. The van der Waals surface area contributed by atoms with Crippen LogP contribution in [0.2, 0.25) is 5.02 Å². The van der Waals surface area contributed by atoms with Gasteiger partial charge in [0.25, 0.3) is 0 Å². The number of carbonyl (C=O) groups excluding carboxylic acids is 1. The van der Waals surface area contributed by atoms with Crippen molar-refractivity contribution in [2.45, 2.75) is 13.0 Å². The van der Waals surface area contributed by atoms with Crippen molar-refractivity contribution in [3.63, 3.8) is 0 Å². The zero-order valence-electron chi connectivity index (χ0n) is 7.08. The molecular formula is C9H9ClNO2-. The molecule has 0 saturated carbocycles. The Morgan fingerprint density at radius 1 is 1.46 bits per heavy atom. The summed E-state index contributed by atoms with van der Waals surface area (Å²) in [6.07, 6.45) is 0. The van der Waals surface area contributed by atoms with Crippen LogP contribution in [0.3, 0.4) is 0 Å². The molecule has 1 atom stereocenters. The molecule has 0 aliphatic carbocycles. The van der Waals surface area contributed by atoms with Gasteiger partial charge in [-0.1, -0.05) is 11.6 Å². The number of halogens is 1. The van der Waals surface area contributed by atoms with Gasteiger partial charge in [0.2, 0.25) is 0 Å². The number of anilines is 1. The van der Waals surface area contributed by atoms with E-state index in [9.17, 15) is 9.90 Å². The highest BCUT2D eigenvalue weighted by molar-refractivity contribution is 6.30. The zero-order chi connectivity index (χ0) is 9.84. The van der Waals surface area contributed by atoms with Gasteiger partial charge in [-0.15, -0.1) is 0 Å². The predicted molar refractivity (Wildman–Crippen MR) is 49.5 cm³/mol. The fourth-order valence-electron chi connectivity index (χ4n) is 0.855. The van der Waals surface area contributed by atoms with Crippen molar-refractivity contribution >= 4 is 23.3 Å². The van der Waals surface area contributed by atoms with Gasteiger partial charge in [0, 0.05) is 10.7 Å². The molecule has 13 heavy (non-hydrogen) atoms. The molecule has 1 N–H and O–H groups in total. The van der Waals surface area contributed by atoms with E-state index >= 15 is 0 Å². The lowest BCUT2D eigenvalue weighted by Gasteiger charge is -2.15. The van der Waals surface area contributed by atoms with Gasteiger partial charge in [-0.2, -0.15) is 0 Å². The van der Waals surface area contributed by atoms with Gasteiger partial charge < -0.3 is 15.2 Å². The van der Waals surface area contributed by atoms with E-state index in [1.165, 1.54) is 6.92 Å². The van der Waals surface area contributed by atoms with Crippen LogP contribution in [0.15, 0.2) is 24.3 Å². The van der Waals surface area contributed by atoms with Crippen molar-refractivity contribution in [3.05, 3.63) is 29.3 Å². The summed E-state index contributed by atoms with van der Waals surface area (Å²) in [4.78, 5) is 10.4. The molecule has 0 fully saturated rings. The second-order valence-corrected chi connectivity index (χ2v) is 3.13. The second kappa shape index (κ2) is 4.14. The molecule has 70 valence electrons. The van der Waals surface area contributed by atoms with Gasteiger partial charge in [0.1, 0.15) is 0 Å². The fraction of sp³-hybridized carbons (Fsp3) is 0.222. The Morgan fingerprint density at radius 2 is 2.00 bits per heavy atom. The molecule has 0 aliphatic rings. The van der Waals surface area contributed by atoms with Crippen LogP contribution in [0.25, 0.3) is 0 Å². The molecule has 1 rings (SSSR count). The molecule has 0 spiro atoms.